The van der Waals surface area contributed by atoms with Crippen LogP contribution >= 0.6 is 24.8 Å². The van der Waals surface area contributed by atoms with E-state index in [1.807, 2.05) is 25.1 Å². The lowest BCUT2D eigenvalue weighted by molar-refractivity contribution is -0.133. The lowest BCUT2D eigenvalue weighted by Gasteiger charge is -2.23. The Morgan fingerprint density at radius 3 is 2.76 bits per heavy atom. The Hall–Kier alpha value is -0.820. The molecule has 21 heavy (non-hydrogen) atoms. The van der Waals surface area contributed by atoms with Gasteiger partial charge in [0, 0.05) is 45.6 Å². The molecule has 1 amide bonds. The van der Waals surface area contributed by atoms with E-state index in [-0.39, 0.29) is 42.9 Å². The number of hydrogen-bond donors (Lipinski definition) is 1. The van der Waals surface area contributed by atoms with Crippen LogP contribution in [0.5, 0.6) is 0 Å². The Morgan fingerprint density at radius 2 is 2.29 bits per heavy atom. The summed E-state index contributed by atoms with van der Waals surface area (Å²) in [5.74, 6) is 0.144. The van der Waals surface area contributed by atoms with E-state index in [2.05, 4.69) is 10.4 Å². The first-order chi connectivity index (χ1) is 9.13. The molecular formula is C13H24Cl2N4O2. The lowest BCUT2D eigenvalue weighted by atomic mass is 10.1. The third-order valence-corrected chi connectivity index (χ3v) is 3.55. The SMILES string of the molecule is CCN(Cc1cnn(C)c1)C(=O)[C@@H]1C[C@H](OC)CN1.Cl.Cl. The summed E-state index contributed by atoms with van der Waals surface area (Å²) < 4.78 is 7.03. The molecule has 1 N–H and O–H groups in total. The number of likely N-dealkylation sites (N-methyl/N-ethyl adjacent to an activating group) is 1. The largest absolute Gasteiger partial charge is 0.380 e. The van der Waals surface area contributed by atoms with Gasteiger partial charge < -0.3 is 15.0 Å². The molecule has 0 saturated carbocycles. The molecular weight excluding hydrogens is 315 g/mol. The van der Waals surface area contributed by atoms with Crippen LogP contribution in [-0.2, 0) is 23.1 Å². The first kappa shape index (κ1) is 20.2. The van der Waals surface area contributed by atoms with E-state index in [0.29, 0.717) is 13.1 Å². The van der Waals surface area contributed by atoms with E-state index in [1.165, 1.54) is 0 Å². The predicted molar refractivity (Wildman–Crippen MR) is 86.0 cm³/mol. The lowest BCUT2D eigenvalue weighted by Crippen LogP contribution is -2.43. The fourth-order valence-corrected chi connectivity index (χ4v) is 2.41. The van der Waals surface area contributed by atoms with Crippen molar-refractivity contribution in [2.24, 2.45) is 7.05 Å². The predicted octanol–water partition coefficient (Wildman–Crippen LogP) is 0.989. The van der Waals surface area contributed by atoms with Crippen molar-refractivity contribution in [3.63, 3.8) is 0 Å². The van der Waals surface area contributed by atoms with Crippen molar-refractivity contribution in [1.29, 1.82) is 0 Å². The van der Waals surface area contributed by atoms with Crippen LogP contribution in [0.3, 0.4) is 0 Å². The number of rotatable bonds is 5. The maximum absolute atomic E-state index is 12.4. The molecule has 2 rings (SSSR count). The van der Waals surface area contributed by atoms with Crippen molar-refractivity contribution in [2.45, 2.75) is 32.0 Å². The minimum atomic E-state index is -0.124. The maximum Gasteiger partial charge on any atom is 0.240 e. The van der Waals surface area contributed by atoms with Gasteiger partial charge >= 0.3 is 0 Å². The quantitative estimate of drug-likeness (QED) is 0.869. The molecule has 1 saturated heterocycles. The molecule has 2 heterocycles. The van der Waals surface area contributed by atoms with E-state index in [9.17, 15) is 4.79 Å². The molecule has 2 atom stereocenters. The molecule has 122 valence electrons. The standard InChI is InChI=1S/C13H22N4O2.2ClH/c1-4-17(9-10-6-15-16(2)8-10)13(18)12-5-11(19-3)7-14-12;;/h6,8,11-12,14H,4-5,7,9H2,1-3H3;2*1H/t11-,12-;;/m0../s1. The molecule has 0 spiro atoms. The van der Waals surface area contributed by atoms with Gasteiger partial charge in [0.1, 0.15) is 0 Å². The van der Waals surface area contributed by atoms with Crippen molar-refractivity contribution in [3.8, 4) is 0 Å². The number of carbonyl (C=O) groups excluding carboxylic acids is 1. The van der Waals surface area contributed by atoms with E-state index in [1.54, 1.807) is 18.0 Å². The van der Waals surface area contributed by atoms with Crippen LogP contribution < -0.4 is 5.32 Å². The number of amides is 1. The molecule has 0 aromatic carbocycles. The second-order valence-corrected chi connectivity index (χ2v) is 4.93. The highest BCUT2D eigenvalue weighted by Gasteiger charge is 2.31. The second-order valence-electron chi connectivity index (χ2n) is 4.93. The first-order valence-electron chi connectivity index (χ1n) is 6.66. The molecule has 1 aromatic rings. The Morgan fingerprint density at radius 1 is 1.57 bits per heavy atom. The highest BCUT2D eigenvalue weighted by atomic mass is 35.5. The summed E-state index contributed by atoms with van der Waals surface area (Å²) in [5.41, 5.74) is 1.05. The minimum Gasteiger partial charge on any atom is -0.380 e. The topological polar surface area (TPSA) is 59.4 Å². The van der Waals surface area contributed by atoms with Crippen molar-refractivity contribution < 1.29 is 9.53 Å². The van der Waals surface area contributed by atoms with Crippen molar-refractivity contribution in [3.05, 3.63) is 18.0 Å². The van der Waals surface area contributed by atoms with Crippen LogP contribution in [0.15, 0.2) is 12.4 Å². The van der Waals surface area contributed by atoms with Gasteiger partial charge in [-0.1, -0.05) is 0 Å². The average Bonchev–Trinajstić information content (AvgIpc) is 3.04. The normalized spacial score (nSPS) is 20.5. The summed E-state index contributed by atoms with van der Waals surface area (Å²) >= 11 is 0. The average molecular weight is 339 g/mol. The van der Waals surface area contributed by atoms with Gasteiger partial charge in [-0.3, -0.25) is 9.48 Å². The van der Waals surface area contributed by atoms with Gasteiger partial charge in [-0.05, 0) is 13.3 Å². The number of ether oxygens (including phenoxy) is 1. The van der Waals surface area contributed by atoms with Gasteiger partial charge in [0.15, 0.2) is 0 Å². The van der Waals surface area contributed by atoms with E-state index in [4.69, 9.17) is 4.74 Å². The Balaban J connectivity index is 0.00000200. The Bertz CT molecular complexity index is 442. The van der Waals surface area contributed by atoms with Gasteiger partial charge in [-0.15, -0.1) is 24.8 Å². The third-order valence-electron chi connectivity index (χ3n) is 3.55. The number of nitrogens with one attached hydrogen (secondary N) is 1. The van der Waals surface area contributed by atoms with E-state index >= 15 is 0 Å². The fraction of sp³-hybridized carbons (Fsp3) is 0.692. The number of methoxy groups -OCH3 is 1. The molecule has 1 aliphatic rings. The Kier molecular flexibility index (Phi) is 8.89. The first-order valence-corrected chi connectivity index (χ1v) is 6.66. The maximum atomic E-state index is 12.4. The monoisotopic (exact) mass is 338 g/mol. The highest BCUT2D eigenvalue weighted by Crippen LogP contribution is 2.14. The molecule has 1 aliphatic heterocycles. The zero-order valence-corrected chi connectivity index (χ0v) is 14.2. The number of aromatic nitrogens is 2. The van der Waals surface area contributed by atoms with Crippen LogP contribution in [0.1, 0.15) is 18.9 Å². The number of halogens is 2. The van der Waals surface area contributed by atoms with Crippen LogP contribution in [0, 0.1) is 0 Å². The molecule has 0 unspecified atom stereocenters. The summed E-state index contributed by atoms with van der Waals surface area (Å²) in [7, 11) is 3.57. The second kappa shape index (κ2) is 9.25. The fourth-order valence-electron chi connectivity index (χ4n) is 2.41. The highest BCUT2D eigenvalue weighted by molar-refractivity contribution is 5.85. The molecule has 0 bridgehead atoms. The van der Waals surface area contributed by atoms with Gasteiger partial charge in [0.25, 0.3) is 0 Å². The number of carbonyl (C=O) groups is 1. The van der Waals surface area contributed by atoms with Crippen LogP contribution in [0.2, 0.25) is 0 Å². The molecule has 6 nitrogen and oxygen atoms in total. The molecule has 8 heteroatoms. The summed E-state index contributed by atoms with van der Waals surface area (Å²) in [5, 5.41) is 7.36. The van der Waals surface area contributed by atoms with E-state index in [0.717, 1.165) is 18.5 Å². The van der Waals surface area contributed by atoms with Gasteiger partial charge in [0.05, 0.1) is 18.3 Å². The zero-order valence-electron chi connectivity index (χ0n) is 12.6. The van der Waals surface area contributed by atoms with Gasteiger partial charge in [-0.25, -0.2) is 0 Å². The zero-order chi connectivity index (χ0) is 13.8. The molecule has 1 aromatic heterocycles. The van der Waals surface area contributed by atoms with Gasteiger partial charge in [-0.2, -0.15) is 5.10 Å². The molecule has 0 radical (unpaired) electrons. The van der Waals surface area contributed by atoms with Gasteiger partial charge in [0.2, 0.25) is 5.91 Å². The smallest absolute Gasteiger partial charge is 0.240 e. The van der Waals surface area contributed by atoms with Crippen LogP contribution in [0.4, 0.5) is 0 Å². The third kappa shape index (κ3) is 5.14. The minimum absolute atomic E-state index is 0. The summed E-state index contributed by atoms with van der Waals surface area (Å²) in [6.45, 7) is 4.05. The molecule has 1 fully saturated rings. The van der Waals surface area contributed by atoms with Crippen LogP contribution in [-0.4, -0.2) is 52.9 Å². The summed E-state index contributed by atoms with van der Waals surface area (Å²) in [6.07, 6.45) is 4.64. The number of nitrogens with zero attached hydrogens (tertiary/aromatic N) is 3. The van der Waals surface area contributed by atoms with Crippen molar-refractivity contribution >= 4 is 30.7 Å². The Labute approximate surface area is 138 Å². The summed E-state index contributed by atoms with van der Waals surface area (Å²) in [4.78, 5) is 14.3. The summed E-state index contributed by atoms with van der Waals surface area (Å²) in [6, 6.07) is -0.124. The number of hydrogen-bond acceptors (Lipinski definition) is 4. The van der Waals surface area contributed by atoms with Crippen molar-refractivity contribution in [2.75, 3.05) is 20.2 Å². The van der Waals surface area contributed by atoms with Crippen LogP contribution in [0.25, 0.3) is 0 Å². The molecule has 0 aliphatic carbocycles. The van der Waals surface area contributed by atoms with E-state index < -0.39 is 0 Å². The van der Waals surface area contributed by atoms with Crippen molar-refractivity contribution in [1.82, 2.24) is 20.0 Å². The number of aryl methyl sites for hydroxylation is 1.